The highest BCUT2D eigenvalue weighted by atomic mass is 16.5. The number of hydrogen-bond acceptors (Lipinski definition) is 8. The summed E-state index contributed by atoms with van der Waals surface area (Å²) in [6.07, 6.45) is 9.49. The van der Waals surface area contributed by atoms with Crippen LogP contribution in [0, 0.1) is 11.8 Å². The summed E-state index contributed by atoms with van der Waals surface area (Å²) in [6.45, 7) is 1.24. The van der Waals surface area contributed by atoms with Crippen molar-refractivity contribution in [1.29, 1.82) is 0 Å². The number of aliphatic hydroxyl groups is 1. The van der Waals surface area contributed by atoms with Crippen molar-refractivity contribution in [3.8, 4) is 23.0 Å². The zero-order valence-electron chi connectivity index (χ0n) is 23.3. The normalized spacial score (nSPS) is 20.5. The summed E-state index contributed by atoms with van der Waals surface area (Å²) in [5.74, 6) is 0.967. The first-order chi connectivity index (χ1) is 19.3. The first-order valence-electron chi connectivity index (χ1n) is 14.1. The van der Waals surface area contributed by atoms with Crippen molar-refractivity contribution < 1.29 is 39.1 Å². The lowest BCUT2D eigenvalue weighted by Crippen LogP contribution is -2.27. The molecule has 0 saturated heterocycles. The fourth-order valence-electron chi connectivity index (χ4n) is 6.21. The molecule has 2 aromatic carbocycles. The second-order valence-electron chi connectivity index (χ2n) is 10.8. The highest BCUT2D eigenvalue weighted by Gasteiger charge is 2.36. The molecule has 3 N–H and O–H groups in total. The third-order valence-electron chi connectivity index (χ3n) is 8.06. The van der Waals surface area contributed by atoms with Crippen LogP contribution in [0.3, 0.4) is 0 Å². The van der Waals surface area contributed by atoms with Gasteiger partial charge in [0.15, 0.2) is 23.0 Å². The molecule has 1 fully saturated rings. The van der Waals surface area contributed by atoms with Crippen molar-refractivity contribution in [2.24, 2.45) is 11.8 Å². The van der Waals surface area contributed by atoms with Crippen LogP contribution in [0.25, 0.3) is 6.08 Å². The summed E-state index contributed by atoms with van der Waals surface area (Å²) in [4.78, 5) is 25.5. The molecule has 8 nitrogen and oxygen atoms in total. The van der Waals surface area contributed by atoms with Crippen LogP contribution in [-0.2, 0) is 20.7 Å². The van der Waals surface area contributed by atoms with Gasteiger partial charge >= 0.3 is 5.97 Å². The van der Waals surface area contributed by atoms with Gasteiger partial charge < -0.3 is 29.5 Å². The number of aliphatic hydroxyl groups excluding tert-OH is 1. The van der Waals surface area contributed by atoms with Gasteiger partial charge in [-0.2, -0.15) is 0 Å². The van der Waals surface area contributed by atoms with Crippen LogP contribution in [0.1, 0.15) is 74.5 Å². The van der Waals surface area contributed by atoms with E-state index in [2.05, 4.69) is 12.2 Å². The summed E-state index contributed by atoms with van der Waals surface area (Å²) in [5.41, 5.74) is 2.78. The molecule has 4 rings (SSSR count). The van der Waals surface area contributed by atoms with E-state index in [0.717, 1.165) is 42.4 Å². The Hall–Kier alpha value is -3.52. The molecule has 216 valence electrons. The SMILES string of the molecule is COc1cc2c(cc1O)C=C[C@H]1CCCC[C@@H]1[C@H]2CC(=O)C[C@@H](CCc1ccc(O)c(OCCO)c1)OC(C)=O. The molecule has 40 heavy (non-hydrogen) atoms. The molecule has 0 aliphatic heterocycles. The molecule has 2 aromatic rings. The number of aryl methyl sites for hydroxylation is 1. The van der Waals surface area contributed by atoms with E-state index >= 15 is 0 Å². The Balaban J connectivity index is 1.50. The van der Waals surface area contributed by atoms with Gasteiger partial charge in [-0.1, -0.05) is 31.1 Å². The maximum absolute atomic E-state index is 13.6. The average Bonchev–Trinajstić information content (AvgIpc) is 3.07. The first kappa shape index (κ1) is 29.5. The van der Waals surface area contributed by atoms with E-state index in [0.29, 0.717) is 36.8 Å². The largest absolute Gasteiger partial charge is 0.504 e. The van der Waals surface area contributed by atoms with E-state index in [4.69, 9.17) is 19.3 Å². The number of ether oxygens (including phenoxy) is 3. The van der Waals surface area contributed by atoms with E-state index in [-0.39, 0.29) is 48.6 Å². The molecule has 8 heteroatoms. The van der Waals surface area contributed by atoms with Gasteiger partial charge in [-0.15, -0.1) is 0 Å². The lowest BCUT2D eigenvalue weighted by Gasteiger charge is -2.35. The van der Waals surface area contributed by atoms with E-state index in [1.807, 2.05) is 6.07 Å². The van der Waals surface area contributed by atoms with Gasteiger partial charge in [0.2, 0.25) is 0 Å². The number of methoxy groups -OCH3 is 1. The molecule has 0 amide bonds. The molecule has 0 heterocycles. The second-order valence-corrected chi connectivity index (χ2v) is 10.8. The number of esters is 1. The number of Topliss-reactive ketones (excluding diaryl/α,β-unsaturated/α-hetero) is 1. The number of aromatic hydroxyl groups is 2. The molecule has 0 bridgehead atoms. The van der Waals surface area contributed by atoms with Gasteiger partial charge in [-0.25, -0.2) is 0 Å². The molecule has 0 radical (unpaired) electrons. The average molecular weight is 553 g/mol. The number of benzene rings is 2. The highest BCUT2D eigenvalue weighted by Crippen LogP contribution is 2.48. The summed E-state index contributed by atoms with van der Waals surface area (Å²) in [5, 5.41) is 29.4. The van der Waals surface area contributed by atoms with Crippen LogP contribution in [0.2, 0.25) is 0 Å². The minimum atomic E-state index is -0.583. The summed E-state index contributed by atoms with van der Waals surface area (Å²) in [6, 6.07) is 8.57. The maximum Gasteiger partial charge on any atom is 0.302 e. The Morgan fingerprint density at radius 3 is 2.60 bits per heavy atom. The van der Waals surface area contributed by atoms with Gasteiger partial charge in [0.1, 0.15) is 18.5 Å². The Labute approximate surface area is 235 Å². The standard InChI is InChI=1S/C32H40O8/c1-20(34)40-25(11-7-21-8-12-29(36)32(15-21)39-14-13-33)17-24(35)18-28-26-6-4-3-5-22(26)9-10-23-16-30(37)31(38-2)19-27(23)28/h8-10,12,15-16,19,22,25-26,28,33,36-37H,3-7,11,13-14,17-18H2,1-2H3/t22-,25-,26+,28-/m1/s1. The van der Waals surface area contributed by atoms with Gasteiger partial charge in [0.25, 0.3) is 0 Å². The van der Waals surface area contributed by atoms with Crippen molar-refractivity contribution in [3.05, 3.63) is 53.1 Å². The Morgan fingerprint density at radius 1 is 1.05 bits per heavy atom. The first-order valence-corrected chi connectivity index (χ1v) is 14.1. The van der Waals surface area contributed by atoms with Gasteiger partial charge in [-0.05, 0) is 84.4 Å². The molecule has 0 aromatic heterocycles. The van der Waals surface area contributed by atoms with Gasteiger partial charge in [0.05, 0.1) is 13.7 Å². The van der Waals surface area contributed by atoms with Crippen molar-refractivity contribution in [3.63, 3.8) is 0 Å². The molecule has 4 atom stereocenters. The number of phenolic OH excluding ortho intramolecular Hbond substituents is 2. The number of hydrogen-bond donors (Lipinski definition) is 3. The fraction of sp³-hybridized carbons (Fsp3) is 0.500. The molecule has 2 aliphatic rings. The zero-order chi connectivity index (χ0) is 28.6. The number of phenols is 2. The smallest absolute Gasteiger partial charge is 0.302 e. The number of ketones is 1. The third kappa shape index (κ3) is 7.36. The predicted molar refractivity (Wildman–Crippen MR) is 151 cm³/mol. The van der Waals surface area contributed by atoms with E-state index in [1.165, 1.54) is 20.1 Å². The van der Waals surface area contributed by atoms with Crippen molar-refractivity contribution >= 4 is 17.8 Å². The fourth-order valence-corrected chi connectivity index (χ4v) is 6.21. The number of carbonyl (C=O) groups excluding carboxylic acids is 2. The van der Waals surface area contributed by atoms with Crippen LogP contribution in [0.15, 0.2) is 36.4 Å². The molecule has 1 saturated carbocycles. The van der Waals surface area contributed by atoms with Gasteiger partial charge in [0, 0.05) is 19.8 Å². The van der Waals surface area contributed by atoms with Crippen LogP contribution in [0.4, 0.5) is 0 Å². The summed E-state index contributed by atoms with van der Waals surface area (Å²) >= 11 is 0. The molecule has 0 spiro atoms. The van der Waals surface area contributed by atoms with Crippen molar-refractivity contribution in [1.82, 2.24) is 0 Å². The highest BCUT2D eigenvalue weighted by molar-refractivity contribution is 5.81. The Morgan fingerprint density at radius 2 is 1.85 bits per heavy atom. The van der Waals surface area contributed by atoms with Crippen molar-refractivity contribution in [2.45, 2.75) is 70.3 Å². The maximum atomic E-state index is 13.6. The minimum absolute atomic E-state index is 0.0203. The summed E-state index contributed by atoms with van der Waals surface area (Å²) in [7, 11) is 1.52. The minimum Gasteiger partial charge on any atom is -0.504 e. The monoisotopic (exact) mass is 552 g/mol. The van der Waals surface area contributed by atoms with Crippen LogP contribution < -0.4 is 9.47 Å². The molecular formula is C32H40O8. The predicted octanol–water partition coefficient (Wildman–Crippen LogP) is 5.31. The number of rotatable bonds is 12. The number of allylic oxidation sites excluding steroid dienone is 1. The van der Waals surface area contributed by atoms with Crippen LogP contribution >= 0.6 is 0 Å². The van der Waals surface area contributed by atoms with Crippen LogP contribution in [-0.4, -0.2) is 53.5 Å². The number of fused-ring (bicyclic) bond motifs is 2. The number of carbonyl (C=O) groups is 2. The van der Waals surface area contributed by atoms with E-state index in [1.54, 1.807) is 18.2 Å². The quantitative estimate of drug-likeness (QED) is 0.303. The Bertz CT molecular complexity index is 1220. The van der Waals surface area contributed by atoms with Crippen LogP contribution in [0.5, 0.6) is 23.0 Å². The van der Waals surface area contributed by atoms with Gasteiger partial charge in [-0.3, -0.25) is 9.59 Å². The van der Waals surface area contributed by atoms with Crippen molar-refractivity contribution in [2.75, 3.05) is 20.3 Å². The molecule has 2 aliphatic carbocycles. The van der Waals surface area contributed by atoms with E-state index in [9.17, 15) is 19.8 Å². The topological polar surface area (TPSA) is 123 Å². The third-order valence-corrected chi connectivity index (χ3v) is 8.06. The summed E-state index contributed by atoms with van der Waals surface area (Å²) < 4.78 is 16.4. The molecule has 0 unspecified atom stereocenters. The zero-order valence-corrected chi connectivity index (χ0v) is 23.3. The second kappa shape index (κ2) is 13.7. The lowest BCUT2D eigenvalue weighted by molar-refractivity contribution is -0.147. The lowest BCUT2D eigenvalue weighted by atomic mass is 9.69. The molecular weight excluding hydrogens is 512 g/mol. The Kier molecular flexibility index (Phi) is 10.1. The van der Waals surface area contributed by atoms with E-state index < -0.39 is 12.1 Å².